The molecule has 9 nitrogen and oxygen atoms in total. The summed E-state index contributed by atoms with van der Waals surface area (Å²) in [5, 5.41) is 13.8. The molecule has 2 rings (SSSR count). The number of nitro benzene ring substituents is 1. The van der Waals surface area contributed by atoms with Gasteiger partial charge in [0.1, 0.15) is 0 Å². The van der Waals surface area contributed by atoms with Crippen molar-refractivity contribution in [3.63, 3.8) is 0 Å². The molecule has 1 unspecified atom stereocenters. The third-order valence-corrected chi connectivity index (χ3v) is 4.94. The second-order valence-corrected chi connectivity index (χ2v) is 6.69. The SMILES string of the molecule is COC(=O)C(C(=O)OC)C(C(=O)NC1CCCCC1)c1ccc([N+](=O)[O-])cc1. The Kier molecular flexibility index (Phi) is 7.48. The van der Waals surface area contributed by atoms with E-state index < -0.39 is 34.6 Å². The highest BCUT2D eigenvalue weighted by Crippen LogP contribution is 2.30. The van der Waals surface area contributed by atoms with Gasteiger partial charge in [0.15, 0.2) is 5.92 Å². The van der Waals surface area contributed by atoms with E-state index >= 15 is 0 Å². The third kappa shape index (κ3) is 5.05. The molecule has 1 saturated carbocycles. The van der Waals surface area contributed by atoms with E-state index in [1.807, 2.05) is 0 Å². The zero-order valence-corrected chi connectivity index (χ0v) is 15.9. The summed E-state index contributed by atoms with van der Waals surface area (Å²) in [5.41, 5.74) is 0.127. The molecule has 28 heavy (non-hydrogen) atoms. The van der Waals surface area contributed by atoms with Crippen LogP contribution >= 0.6 is 0 Å². The molecule has 1 aromatic rings. The number of amides is 1. The molecule has 0 heterocycles. The van der Waals surface area contributed by atoms with Crippen molar-refractivity contribution in [3.05, 3.63) is 39.9 Å². The topological polar surface area (TPSA) is 125 Å². The standard InChI is InChI=1S/C19H24N2O7/c1-27-18(23)16(19(24)28-2)15(12-8-10-14(11-9-12)21(25)26)17(22)20-13-6-4-3-5-7-13/h8-11,13,15-16H,3-7H2,1-2H3,(H,20,22). The Labute approximate surface area is 162 Å². The monoisotopic (exact) mass is 392 g/mol. The number of hydrogen-bond donors (Lipinski definition) is 1. The van der Waals surface area contributed by atoms with Crippen molar-refractivity contribution in [2.24, 2.45) is 5.92 Å². The van der Waals surface area contributed by atoms with Crippen LogP contribution in [-0.2, 0) is 23.9 Å². The molecule has 1 amide bonds. The summed E-state index contributed by atoms with van der Waals surface area (Å²) >= 11 is 0. The molecular formula is C19H24N2O7. The fourth-order valence-corrected chi connectivity index (χ4v) is 3.46. The zero-order chi connectivity index (χ0) is 20.7. The van der Waals surface area contributed by atoms with E-state index in [-0.39, 0.29) is 11.7 Å². The smallest absolute Gasteiger partial charge is 0.321 e. The van der Waals surface area contributed by atoms with Gasteiger partial charge in [0, 0.05) is 18.2 Å². The Morgan fingerprint density at radius 1 is 1.04 bits per heavy atom. The lowest BCUT2D eigenvalue weighted by Crippen LogP contribution is -2.45. The first-order chi connectivity index (χ1) is 13.4. The highest BCUT2D eigenvalue weighted by Gasteiger charge is 2.42. The van der Waals surface area contributed by atoms with Gasteiger partial charge in [-0.2, -0.15) is 0 Å². The first kappa shape index (κ1) is 21.3. The summed E-state index contributed by atoms with van der Waals surface area (Å²) in [7, 11) is 2.23. The maximum atomic E-state index is 13.1. The van der Waals surface area contributed by atoms with Crippen LogP contribution in [0.1, 0.15) is 43.6 Å². The Morgan fingerprint density at radius 3 is 2.04 bits per heavy atom. The molecule has 0 spiro atoms. The van der Waals surface area contributed by atoms with E-state index in [1.54, 1.807) is 0 Å². The molecule has 152 valence electrons. The van der Waals surface area contributed by atoms with Gasteiger partial charge >= 0.3 is 11.9 Å². The molecule has 0 saturated heterocycles. The van der Waals surface area contributed by atoms with Crippen LogP contribution in [0.2, 0.25) is 0 Å². The van der Waals surface area contributed by atoms with Crippen molar-refractivity contribution in [1.82, 2.24) is 5.32 Å². The molecule has 0 aromatic heterocycles. The Hall–Kier alpha value is -2.97. The molecule has 1 aliphatic carbocycles. The number of carbonyl (C=O) groups excluding carboxylic acids is 3. The van der Waals surface area contributed by atoms with Crippen LogP contribution in [-0.4, -0.2) is 43.0 Å². The van der Waals surface area contributed by atoms with Crippen molar-refractivity contribution >= 4 is 23.5 Å². The van der Waals surface area contributed by atoms with E-state index in [9.17, 15) is 24.5 Å². The van der Waals surface area contributed by atoms with Gasteiger partial charge in [0.2, 0.25) is 5.91 Å². The van der Waals surface area contributed by atoms with Gasteiger partial charge in [-0.05, 0) is 18.4 Å². The van der Waals surface area contributed by atoms with Crippen molar-refractivity contribution in [2.45, 2.75) is 44.1 Å². The number of carbonyl (C=O) groups is 3. The summed E-state index contributed by atoms with van der Waals surface area (Å²) in [4.78, 5) is 48.0. The lowest BCUT2D eigenvalue weighted by Gasteiger charge is -2.28. The molecule has 1 aliphatic rings. The number of esters is 2. The number of nitro groups is 1. The van der Waals surface area contributed by atoms with Gasteiger partial charge in [0.05, 0.1) is 25.1 Å². The van der Waals surface area contributed by atoms with Crippen molar-refractivity contribution in [3.8, 4) is 0 Å². The Morgan fingerprint density at radius 2 is 1.57 bits per heavy atom. The summed E-state index contributed by atoms with van der Waals surface area (Å²) in [5.74, 6) is -5.06. The molecule has 1 fully saturated rings. The van der Waals surface area contributed by atoms with Crippen molar-refractivity contribution in [2.75, 3.05) is 14.2 Å². The summed E-state index contributed by atoms with van der Waals surface area (Å²) in [6.07, 6.45) is 4.72. The minimum absolute atomic E-state index is 0.0438. The molecule has 1 aromatic carbocycles. The second-order valence-electron chi connectivity index (χ2n) is 6.69. The minimum Gasteiger partial charge on any atom is -0.468 e. The summed E-state index contributed by atoms with van der Waals surface area (Å²) in [6, 6.07) is 5.13. The van der Waals surface area contributed by atoms with Gasteiger partial charge in [-0.15, -0.1) is 0 Å². The fourth-order valence-electron chi connectivity index (χ4n) is 3.46. The number of nitrogens with zero attached hydrogens (tertiary/aromatic N) is 1. The first-order valence-electron chi connectivity index (χ1n) is 9.09. The molecule has 1 atom stereocenters. The van der Waals surface area contributed by atoms with E-state index in [4.69, 9.17) is 9.47 Å². The van der Waals surface area contributed by atoms with Crippen molar-refractivity contribution < 1.29 is 28.8 Å². The third-order valence-electron chi connectivity index (χ3n) is 4.94. The predicted octanol–water partition coefficient (Wildman–Crippen LogP) is 2.09. The zero-order valence-electron chi connectivity index (χ0n) is 15.9. The molecule has 0 radical (unpaired) electrons. The molecule has 0 bridgehead atoms. The van der Waals surface area contributed by atoms with Gasteiger partial charge in [0.25, 0.3) is 5.69 Å². The molecular weight excluding hydrogens is 368 g/mol. The van der Waals surface area contributed by atoms with Gasteiger partial charge in [-0.3, -0.25) is 24.5 Å². The molecule has 9 heteroatoms. The van der Waals surface area contributed by atoms with Crippen LogP contribution in [0, 0.1) is 16.0 Å². The highest BCUT2D eigenvalue weighted by molar-refractivity contribution is 6.02. The van der Waals surface area contributed by atoms with Gasteiger partial charge in [-0.1, -0.05) is 31.4 Å². The van der Waals surface area contributed by atoms with E-state index in [0.29, 0.717) is 5.56 Å². The van der Waals surface area contributed by atoms with Crippen LogP contribution in [0.3, 0.4) is 0 Å². The van der Waals surface area contributed by atoms with E-state index in [2.05, 4.69) is 5.32 Å². The lowest BCUT2D eigenvalue weighted by atomic mass is 9.84. The number of non-ortho nitro benzene ring substituents is 1. The lowest BCUT2D eigenvalue weighted by molar-refractivity contribution is -0.384. The number of rotatable bonds is 7. The van der Waals surface area contributed by atoms with Gasteiger partial charge < -0.3 is 14.8 Å². The number of nitrogens with one attached hydrogen (secondary N) is 1. The molecule has 1 N–H and O–H groups in total. The minimum atomic E-state index is -1.51. The average molecular weight is 392 g/mol. The van der Waals surface area contributed by atoms with Crippen LogP contribution in [0.25, 0.3) is 0 Å². The summed E-state index contributed by atoms with van der Waals surface area (Å²) in [6.45, 7) is 0. The quantitative estimate of drug-likeness (QED) is 0.326. The van der Waals surface area contributed by atoms with Gasteiger partial charge in [-0.25, -0.2) is 0 Å². The second kappa shape index (κ2) is 9.82. The Bertz CT molecular complexity index is 710. The highest BCUT2D eigenvalue weighted by atomic mass is 16.6. The van der Waals surface area contributed by atoms with E-state index in [0.717, 1.165) is 46.3 Å². The van der Waals surface area contributed by atoms with Crippen LogP contribution in [0.4, 0.5) is 5.69 Å². The largest absolute Gasteiger partial charge is 0.468 e. The number of benzene rings is 1. The predicted molar refractivity (Wildman–Crippen MR) is 98.4 cm³/mol. The van der Waals surface area contributed by atoms with E-state index in [1.165, 1.54) is 24.3 Å². The number of hydrogen-bond acceptors (Lipinski definition) is 7. The molecule has 0 aliphatic heterocycles. The maximum absolute atomic E-state index is 13.1. The normalized spacial score (nSPS) is 15.5. The number of ether oxygens (including phenoxy) is 2. The van der Waals surface area contributed by atoms with Crippen LogP contribution in [0.15, 0.2) is 24.3 Å². The fraction of sp³-hybridized carbons (Fsp3) is 0.526. The first-order valence-corrected chi connectivity index (χ1v) is 9.09. The maximum Gasteiger partial charge on any atom is 0.321 e. The average Bonchev–Trinajstić information content (AvgIpc) is 2.71. The Balaban J connectivity index is 2.39. The number of methoxy groups -OCH3 is 2. The van der Waals surface area contributed by atoms with Crippen LogP contribution < -0.4 is 5.32 Å². The van der Waals surface area contributed by atoms with Crippen LogP contribution in [0.5, 0.6) is 0 Å². The summed E-state index contributed by atoms with van der Waals surface area (Å²) < 4.78 is 9.42. The van der Waals surface area contributed by atoms with Crippen molar-refractivity contribution in [1.29, 1.82) is 0 Å².